The highest BCUT2D eigenvalue weighted by molar-refractivity contribution is 8.19. The first-order valence-corrected chi connectivity index (χ1v) is 16.3. The number of aryl methyl sites for hydroxylation is 1. The molecule has 5 rings (SSSR count). The molecule has 0 spiro atoms. The average Bonchev–Trinajstić information content (AvgIpc) is 3.58. The molecule has 256 valence electrons. The summed E-state index contributed by atoms with van der Waals surface area (Å²) in [5.74, 6) is -3.03. The lowest BCUT2D eigenvalue weighted by Crippen LogP contribution is -2.66. The third kappa shape index (κ3) is 8.24. The van der Waals surface area contributed by atoms with E-state index in [1.807, 2.05) is 67.7 Å². The molecule has 3 aromatic rings. The van der Waals surface area contributed by atoms with Crippen molar-refractivity contribution < 1.29 is 47.7 Å². The van der Waals surface area contributed by atoms with Crippen molar-refractivity contribution >= 4 is 64.2 Å². The van der Waals surface area contributed by atoms with E-state index >= 15 is 0 Å². The van der Waals surface area contributed by atoms with Gasteiger partial charge in [-0.2, -0.15) is 5.10 Å². The Bertz CT molecular complexity index is 1810. The lowest BCUT2D eigenvalue weighted by Gasteiger charge is -2.46. The molecule has 2 aliphatic rings. The summed E-state index contributed by atoms with van der Waals surface area (Å²) in [7, 11) is 0. The van der Waals surface area contributed by atoms with Crippen LogP contribution in [-0.2, 0) is 42.9 Å². The number of rotatable bonds is 9. The highest BCUT2D eigenvalue weighted by Gasteiger charge is 2.56. The standard InChI is InChI=1S/C34H33N3O10S2/c1-18-11-13-23(14-12-18)28-24(16-36(35-28)25-9-7-6-8-10-25)15-27-33(48)37(34(42)49-27)32-31(46-22(5)41)30(45-21(4)40)29(44-20(3)39)26(47-32)17-43-19(2)38/h6-16,26,29-32H,17H2,1-5H3/b27-15-/t26-,29-,30+,31-,32-/m1/s1. The molecular formula is C34H33N3O10S2. The predicted molar refractivity (Wildman–Crippen MR) is 181 cm³/mol. The van der Waals surface area contributed by atoms with Crippen molar-refractivity contribution in [1.82, 2.24) is 14.7 Å². The number of thioether (sulfide) groups is 1. The molecule has 13 nitrogen and oxygen atoms in total. The van der Waals surface area contributed by atoms with Gasteiger partial charge in [0.15, 0.2) is 24.5 Å². The zero-order valence-electron chi connectivity index (χ0n) is 27.2. The number of carbonyl (C=O) groups is 5. The number of hydrogen-bond acceptors (Lipinski definition) is 13. The van der Waals surface area contributed by atoms with E-state index in [1.165, 1.54) is 6.92 Å². The quantitative estimate of drug-likeness (QED) is 0.130. The molecule has 0 unspecified atom stereocenters. The van der Waals surface area contributed by atoms with E-state index in [4.69, 9.17) is 41.0 Å². The van der Waals surface area contributed by atoms with Crippen LogP contribution in [0.15, 0.2) is 65.7 Å². The molecule has 1 aromatic heterocycles. The summed E-state index contributed by atoms with van der Waals surface area (Å²) in [6.45, 7) is 6.07. The van der Waals surface area contributed by atoms with Crippen LogP contribution in [0.5, 0.6) is 0 Å². The van der Waals surface area contributed by atoms with Gasteiger partial charge in [-0.3, -0.25) is 28.9 Å². The van der Waals surface area contributed by atoms with Crippen LogP contribution in [0.25, 0.3) is 23.0 Å². The Morgan fingerprint density at radius 1 is 0.878 bits per heavy atom. The van der Waals surface area contributed by atoms with Gasteiger partial charge in [0.05, 0.1) is 16.3 Å². The van der Waals surface area contributed by atoms with Crippen molar-refractivity contribution in [1.29, 1.82) is 0 Å². The van der Waals surface area contributed by atoms with E-state index in [0.29, 0.717) is 16.2 Å². The van der Waals surface area contributed by atoms with E-state index in [1.54, 1.807) is 10.8 Å². The maximum atomic E-state index is 13.7. The first-order chi connectivity index (χ1) is 23.3. The van der Waals surface area contributed by atoms with Gasteiger partial charge in [-0.15, -0.1) is 0 Å². The molecule has 0 saturated carbocycles. The predicted octanol–water partition coefficient (Wildman–Crippen LogP) is 4.77. The fourth-order valence-electron chi connectivity index (χ4n) is 5.40. The van der Waals surface area contributed by atoms with Crippen LogP contribution in [0, 0.1) is 6.92 Å². The summed E-state index contributed by atoms with van der Waals surface area (Å²) in [5.41, 5.74) is 4.03. The third-order valence-electron chi connectivity index (χ3n) is 7.42. The Kier molecular flexibility index (Phi) is 11.0. The van der Waals surface area contributed by atoms with E-state index in [2.05, 4.69) is 0 Å². The number of esters is 4. The molecule has 2 aliphatic heterocycles. The van der Waals surface area contributed by atoms with Crippen molar-refractivity contribution in [2.75, 3.05) is 6.61 Å². The second-order valence-electron chi connectivity index (χ2n) is 11.2. The monoisotopic (exact) mass is 707 g/mol. The molecule has 2 fully saturated rings. The highest BCUT2D eigenvalue weighted by atomic mass is 32.2. The fraction of sp³-hybridized carbons (Fsp3) is 0.324. The number of aromatic nitrogens is 2. The number of thiocarbonyl (C=S) groups is 1. The second-order valence-corrected chi connectivity index (χ2v) is 12.6. The summed E-state index contributed by atoms with van der Waals surface area (Å²) >= 11 is 6.64. The summed E-state index contributed by atoms with van der Waals surface area (Å²) in [4.78, 5) is 63.7. The van der Waals surface area contributed by atoms with Gasteiger partial charge < -0.3 is 23.7 Å². The van der Waals surface area contributed by atoms with Crippen LogP contribution in [-0.4, -0.2) is 86.0 Å². The number of ether oxygens (including phenoxy) is 5. The van der Waals surface area contributed by atoms with Gasteiger partial charge >= 0.3 is 23.9 Å². The Labute approximate surface area is 291 Å². The highest BCUT2D eigenvalue weighted by Crippen LogP contribution is 2.40. The van der Waals surface area contributed by atoms with Crippen LogP contribution in [0.4, 0.5) is 4.79 Å². The zero-order chi connectivity index (χ0) is 35.4. The Morgan fingerprint density at radius 3 is 2.10 bits per heavy atom. The van der Waals surface area contributed by atoms with Crippen LogP contribution in [0.2, 0.25) is 0 Å². The van der Waals surface area contributed by atoms with Crippen LogP contribution >= 0.6 is 24.0 Å². The summed E-state index contributed by atoms with van der Waals surface area (Å²) in [6, 6.07) is 17.4. The lowest BCUT2D eigenvalue weighted by molar-refractivity contribution is -0.265. The van der Waals surface area contributed by atoms with Crippen molar-refractivity contribution in [2.24, 2.45) is 0 Å². The van der Waals surface area contributed by atoms with E-state index in [0.717, 1.165) is 54.2 Å². The van der Waals surface area contributed by atoms with Gasteiger partial charge in [-0.05, 0) is 36.9 Å². The minimum Gasteiger partial charge on any atom is -0.463 e. The molecule has 49 heavy (non-hydrogen) atoms. The molecule has 3 heterocycles. The smallest absolute Gasteiger partial charge is 0.303 e. The van der Waals surface area contributed by atoms with Gasteiger partial charge in [0.2, 0.25) is 0 Å². The SMILES string of the molecule is CC(=O)OC[C@H]1O[C@@H](N2C(=O)S/C(=C\c3cn(-c4ccccc4)nc3-c3ccc(C)cc3)C2=S)[C@H](OC(C)=O)[C@@H](OC(C)=O)[C@@H]1OC(C)=O. The zero-order valence-corrected chi connectivity index (χ0v) is 28.8. The number of nitrogens with zero attached hydrogens (tertiary/aromatic N) is 3. The lowest BCUT2D eigenvalue weighted by atomic mass is 9.96. The Morgan fingerprint density at radius 2 is 1.49 bits per heavy atom. The topological polar surface area (TPSA) is 153 Å². The molecular weight excluding hydrogens is 675 g/mol. The molecule has 0 aliphatic carbocycles. The van der Waals surface area contributed by atoms with Gasteiger partial charge in [0.25, 0.3) is 5.24 Å². The summed E-state index contributed by atoms with van der Waals surface area (Å²) < 4.78 is 29.6. The third-order valence-corrected chi connectivity index (χ3v) is 8.87. The van der Waals surface area contributed by atoms with Crippen molar-refractivity contribution in [2.45, 2.75) is 65.3 Å². The molecule has 0 radical (unpaired) electrons. The number of benzene rings is 2. The van der Waals surface area contributed by atoms with Gasteiger partial charge in [0, 0.05) is 45.0 Å². The van der Waals surface area contributed by atoms with E-state index < -0.39 is 66.4 Å². The summed E-state index contributed by atoms with van der Waals surface area (Å²) in [6.07, 6.45) is -3.50. The first kappa shape index (κ1) is 35.4. The maximum Gasteiger partial charge on any atom is 0.303 e. The number of amides is 1. The van der Waals surface area contributed by atoms with Gasteiger partial charge in [0.1, 0.15) is 17.7 Å². The van der Waals surface area contributed by atoms with E-state index in [9.17, 15) is 24.0 Å². The Hall–Kier alpha value is -4.86. The van der Waals surface area contributed by atoms with Crippen LogP contribution < -0.4 is 0 Å². The molecule has 2 aromatic carbocycles. The largest absolute Gasteiger partial charge is 0.463 e. The number of hydrogen-bond donors (Lipinski definition) is 0. The normalized spacial score (nSPS) is 22.9. The fourth-order valence-corrected chi connectivity index (χ4v) is 6.68. The molecule has 1 amide bonds. The van der Waals surface area contributed by atoms with Crippen molar-refractivity contribution in [3.8, 4) is 16.9 Å². The molecule has 15 heteroatoms. The molecule has 5 atom stereocenters. The van der Waals surface area contributed by atoms with Gasteiger partial charge in [-0.1, -0.05) is 60.2 Å². The molecule has 2 saturated heterocycles. The second kappa shape index (κ2) is 15.1. The molecule has 0 bridgehead atoms. The maximum absolute atomic E-state index is 13.7. The van der Waals surface area contributed by atoms with Crippen LogP contribution in [0.1, 0.15) is 38.8 Å². The Balaban J connectivity index is 1.56. The van der Waals surface area contributed by atoms with Crippen LogP contribution in [0.3, 0.4) is 0 Å². The molecule has 0 N–H and O–H groups in total. The van der Waals surface area contributed by atoms with Gasteiger partial charge in [-0.25, -0.2) is 4.68 Å². The van der Waals surface area contributed by atoms with E-state index in [-0.39, 0.29) is 4.99 Å². The minimum atomic E-state index is -1.50. The first-order valence-electron chi connectivity index (χ1n) is 15.1. The summed E-state index contributed by atoms with van der Waals surface area (Å²) in [5, 5.41) is 4.26. The van der Waals surface area contributed by atoms with Crippen molar-refractivity contribution in [3.05, 3.63) is 76.8 Å². The average molecular weight is 708 g/mol. The number of carbonyl (C=O) groups excluding carboxylic acids is 5. The minimum absolute atomic E-state index is 0.0261. The number of para-hydroxylation sites is 1. The van der Waals surface area contributed by atoms with Crippen molar-refractivity contribution in [3.63, 3.8) is 0 Å².